The topological polar surface area (TPSA) is 81.3 Å². The lowest BCUT2D eigenvalue weighted by atomic mass is 10.0. The quantitative estimate of drug-likeness (QED) is 0.512. The third kappa shape index (κ3) is 5.87. The van der Waals surface area contributed by atoms with Crippen molar-refractivity contribution in [2.24, 2.45) is 10.7 Å². The highest BCUT2D eigenvalue weighted by atomic mass is 16.5. The molecule has 3 N–H and O–H groups in total. The van der Waals surface area contributed by atoms with Crippen LogP contribution in [0, 0.1) is 6.92 Å². The Labute approximate surface area is 178 Å². The van der Waals surface area contributed by atoms with Gasteiger partial charge in [0.1, 0.15) is 0 Å². The van der Waals surface area contributed by atoms with Gasteiger partial charge in [0, 0.05) is 19.6 Å². The highest BCUT2D eigenvalue weighted by Gasteiger charge is 2.22. The van der Waals surface area contributed by atoms with Gasteiger partial charge in [0.25, 0.3) is 0 Å². The van der Waals surface area contributed by atoms with E-state index in [1.54, 1.807) is 14.2 Å². The molecule has 0 aliphatic carbocycles. The predicted octanol–water partition coefficient (Wildman–Crippen LogP) is 2.49. The molecule has 1 fully saturated rings. The molecule has 0 saturated carbocycles. The van der Waals surface area contributed by atoms with Gasteiger partial charge in [-0.1, -0.05) is 35.9 Å². The number of aryl methyl sites for hydroxylation is 1. The van der Waals surface area contributed by atoms with Crippen LogP contribution < -0.4 is 20.5 Å². The molecule has 7 heteroatoms. The van der Waals surface area contributed by atoms with Crippen LogP contribution in [0.2, 0.25) is 0 Å². The molecule has 0 bridgehead atoms. The Bertz CT molecular complexity index is 850. The monoisotopic (exact) mass is 412 g/mol. The lowest BCUT2D eigenvalue weighted by Crippen LogP contribution is -2.45. The molecule has 0 radical (unpaired) electrons. The molecule has 30 heavy (non-hydrogen) atoms. The van der Waals surface area contributed by atoms with Crippen LogP contribution in [0.15, 0.2) is 47.5 Å². The van der Waals surface area contributed by atoms with Gasteiger partial charge in [0.2, 0.25) is 0 Å². The summed E-state index contributed by atoms with van der Waals surface area (Å²) in [6, 6.07) is 14.6. The van der Waals surface area contributed by atoms with Gasteiger partial charge in [-0.25, -0.2) is 4.99 Å². The van der Waals surface area contributed by atoms with E-state index in [2.05, 4.69) is 46.4 Å². The van der Waals surface area contributed by atoms with Crippen molar-refractivity contribution in [2.45, 2.75) is 19.5 Å². The molecular formula is C23H32N4O3. The van der Waals surface area contributed by atoms with Crippen molar-refractivity contribution < 1.29 is 14.2 Å². The number of morpholine rings is 1. The number of aliphatic imine (C=N–C) groups is 1. The minimum Gasteiger partial charge on any atom is -0.493 e. The lowest BCUT2D eigenvalue weighted by molar-refractivity contribution is 0.0170. The van der Waals surface area contributed by atoms with E-state index in [9.17, 15) is 0 Å². The second-order valence-corrected chi connectivity index (χ2v) is 7.35. The van der Waals surface area contributed by atoms with Crippen molar-refractivity contribution >= 4 is 5.96 Å². The van der Waals surface area contributed by atoms with Crippen molar-refractivity contribution in [1.29, 1.82) is 0 Å². The predicted molar refractivity (Wildman–Crippen MR) is 119 cm³/mol. The fraction of sp³-hybridized carbons (Fsp3) is 0.435. The van der Waals surface area contributed by atoms with Crippen molar-refractivity contribution in [3.8, 4) is 11.5 Å². The largest absolute Gasteiger partial charge is 0.493 e. The molecule has 1 atom stereocenters. The molecule has 1 aliphatic rings. The van der Waals surface area contributed by atoms with Crippen LogP contribution in [-0.2, 0) is 11.3 Å². The summed E-state index contributed by atoms with van der Waals surface area (Å²) in [7, 11) is 3.24. The Morgan fingerprint density at radius 2 is 1.90 bits per heavy atom. The molecule has 1 aliphatic heterocycles. The number of guanidine groups is 1. The minimum absolute atomic E-state index is 0.212. The second kappa shape index (κ2) is 10.8. The highest BCUT2D eigenvalue weighted by Crippen LogP contribution is 2.27. The van der Waals surface area contributed by atoms with Crippen molar-refractivity contribution in [1.82, 2.24) is 10.2 Å². The van der Waals surface area contributed by atoms with Gasteiger partial charge in [-0.05, 0) is 30.2 Å². The van der Waals surface area contributed by atoms with Gasteiger partial charge < -0.3 is 25.3 Å². The summed E-state index contributed by atoms with van der Waals surface area (Å²) < 4.78 is 16.2. The SMILES string of the molecule is COc1ccc(CN=C(N)NCC(c2cccc(C)c2)N2CCOCC2)cc1OC. The third-order valence-corrected chi connectivity index (χ3v) is 5.27. The summed E-state index contributed by atoms with van der Waals surface area (Å²) in [6.45, 7) is 6.59. The number of ether oxygens (including phenoxy) is 3. The number of nitrogens with two attached hydrogens (primary N) is 1. The van der Waals surface area contributed by atoms with Gasteiger partial charge in [-0.2, -0.15) is 0 Å². The van der Waals surface area contributed by atoms with E-state index in [-0.39, 0.29) is 6.04 Å². The van der Waals surface area contributed by atoms with E-state index in [0.717, 1.165) is 31.9 Å². The van der Waals surface area contributed by atoms with E-state index in [0.29, 0.717) is 30.5 Å². The van der Waals surface area contributed by atoms with Crippen molar-refractivity contribution in [2.75, 3.05) is 47.1 Å². The number of methoxy groups -OCH3 is 2. The molecule has 2 aromatic rings. The first-order valence-electron chi connectivity index (χ1n) is 10.2. The molecule has 162 valence electrons. The summed E-state index contributed by atoms with van der Waals surface area (Å²) in [5.41, 5.74) is 9.70. The molecule has 7 nitrogen and oxygen atoms in total. The van der Waals surface area contributed by atoms with Crippen molar-refractivity contribution in [3.05, 3.63) is 59.2 Å². The number of nitrogens with zero attached hydrogens (tertiary/aromatic N) is 2. The zero-order chi connectivity index (χ0) is 21.3. The standard InChI is InChI=1S/C23H32N4O3/c1-17-5-4-6-19(13-17)20(27-9-11-30-12-10-27)16-26-23(24)25-15-18-7-8-21(28-2)22(14-18)29-3/h4-8,13-14,20H,9-12,15-16H2,1-3H3,(H3,24,25,26). The van der Waals surface area contributed by atoms with Crippen LogP contribution in [0.25, 0.3) is 0 Å². The zero-order valence-corrected chi connectivity index (χ0v) is 18.1. The summed E-state index contributed by atoms with van der Waals surface area (Å²) in [5, 5.41) is 3.31. The molecule has 1 unspecified atom stereocenters. The van der Waals surface area contributed by atoms with Crippen LogP contribution in [0.4, 0.5) is 0 Å². The first-order valence-corrected chi connectivity index (χ1v) is 10.2. The molecule has 1 saturated heterocycles. The summed E-state index contributed by atoms with van der Waals surface area (Å²) in [6.07, 6.45) is 0. The molecule has 3 rings (SSSR count). The minimum atomic E-state index is 0.212. The van der Waals surface area contributed by atoms with Gasteiger partial charge in [0.15, 0.2) is 17.5 Å². The van der Waals surface area contributed by atoms with Crippen LogP contribution in [0.5, 0.6) is 11.5 Å². The number of hydrogen-bond donors (Lipinski definition) is 2. The Morgan fingerprint density at radius 1 is 1.13 bits per heavy atom. The Balaban J connectivity index is 1.65. The fourth-order valence-electron chi connectivity index (χ4n) is 3.64. The first kappa shape index (κ1) is 21.9. The Hall–Kier alpha value is -2.77. The Morgan fingerprint density at radius 3 is 2.60 bits per heavy atom. The van der Waals surface area contributed by atoms with Crippen LogP contribution in [0.1, 0.15) is 22.7 Å². The molecule has 1 heterocycles. The summed E-state index contributed by atoms with van der Waals surface area (Å²) in [5.74, 6) is 1.81. The molecule has 0 aromatic heterocycles. The second-order valence-electron chi connectivity index (χ2n) is 7.35. The van der Waals surface area contributed by atoms with Crippen LogP contribution in [0.3, 0.4) is 0 Å². The van der Waals surface area contributed by atoms with E-state index >= 15 is 0 Å². The molecule has 0 amide bonds. The van der Waals surface area contributed by atoms with Crippen LogP contribution in [-0.4, -0.2) is 57.9 Å². The van der Waals surface area contributed by atoms with Gasteiger partial charge in [0.05, 0.1) is 40.0 Å². The molecule has 2 aromatic carbocycles. The number of rotatable bonds is 8. The highest BCUT2D eigenvalue weighted by molar-refractivity contribution is 5.77. The van der Waals surface area contributed by atoms with E-state index in [1.807, 2.05) is 18.2 Å². The Kier molecular flexibility index (Phi) is 7.93. The number of hydrogen-bond acceptors (Lipinski definition) is 5. The molecular weight excluding hydrogens is 380 g/mol. The maximum absolute atomic E-state index is 6.17. The van der Waals surface area contributed by atoms with Gasteiger partial charge in [-0.15, -0.1) is 0 Å². The van der Waals surface area contributed by atoms with E-state index < -0.39 is 0 Å². The fourth-order valence-corrected chi connectivity index (χ4v) is 3.64. The summed E-state index contributed by atoms with van der Waals surface area (Å²) >= 11 is 0. The van der Waals surface area contributed by atoms with Crippen LogP contribution >= 0.6 is 0 Å². The van der Waals surface area contributed by atoms with Gasteiger partial charge >= 0.3 is 0 Å². The van der Waals surface area contributed by atoms with Gasteiger partial charge in [-0.3, -0.25) is 4.90 Å². The smallest absolute Gasteiger partial charge is 0.188 e. The lowest BCUT2D eigenvalue weighted by Gasteiger charge is -2.35. The van der Waals surface area contributed by atoms with E-state index in [4.69, 9.17) is 19.9 Å². The molecule has 0 spiro atoms. The zero-order valence-electron chi connectivity index (χ0n) is 18.1. The average molecular weight is 413 g/mol. The normalized spacial score (nSPS) is 16.2. The summed E-state index contributed by atoms with van der Waals surface area (Å²) in [4.78, 5) is 6.93. The maximum atomic E-state index is 6.17. The first-order chi connectivity index (χ1) is 14.6. The van der Waals surface area contributed by atoms with Crippen molar-refractivity contribution in [3.63, 3.8) is 0 Å². The number of nitrogens with one attached hydrogen (secondary N) is 1. The van der Waals surface area contributed by atoms with E-state index in [1.165, 1.54) is 11.1 Å². The average Bonchev–Trinajstić information content (AvgIpc) is 2.78. The number of benzene rings is 2. The maximum Gasteiger partial charge on any atom is 0.188 e. The third-order valence-electron chi connectivity index (χ3n) is 5.27.